The van der Waals surface area contributed by atoms with Crippen LogP contribution < -0.4 is 10.5 Å². The molecule has 24 heavy (non-hydrogen) atoms. The van der Waals surface area contributed by atoms with E-state index in [1.54, 1.807) is 24.3 Å². The van der Waals surface area contributed by atoms with Crippen molar-refractivity contribution in [3.63, 3.8) is 0 Å². The van der Waals surface area contributed by atoms with E-state index in [1.165, 1.54) is 16.9 Å². The number of aromatic nitrogens is 5. The van der Waals surface area contributed by atoms with Gasteiger partial charge in [-0.05, 0) is 29.2 Å². The lowest BCUT2D eigenvalue weighted by Gasteiger charge is -2.05. The molecule has 0 spiro atoms. The number of primary amides is 1. The predicted octanol–water partition coefficient (Wildman–Crippen LogP) is 0.712. The van der Waals surface area contributed by atoms with Crippen LogP contribution in [0.4, 0.5) is 5.82 Å². The Kier molecular flexibility index (Phi) is 3.89. The number of hydrogen-bond donors (Lipinski definition) is 2. The van der Waals surface area contributed by atoms with E-state index < -0.39 is 10.8 Å². The van der Waals surface area contributed by atoms with Crippen molar-refractivity contribution in [2.75, 3.05) is 0 Å². The molecule has 3 N–H and O–H groups in total. The molecule has 2 aromatic heterocycles. The van der Waals surface area contributed by atoms with Gasteiger partial charge in [0.2, 0.25) is 6.73 Å². The molecule has 0 aliphatic heterocycles. The molecule has 0 saturated carbocycles. The highest BCUT2D eigenvalue weighted by molar-refractivity contribution is 5.96. The SMILES string of the molecule is NC(=O)c1n[nH]nc1-c1ccc(OCn2ccc([N+](=O)[O-])n2)cc1. The molecule has 2 heterocycles. The second-order valence-electron chi connectivity index (χ2n) is 4.65. The van der Waals surface area contributed by atoms with Crippen molar-refractivity contribution >= 4 is 11.7 Å². The highest BCUT2D eigenvalue weighted by Gasteiger charge is 2.15. The summed E-state index contributed by atoms with van der Waals surface area (Å²) in [6.45, 7) is 0.0175. The van der Waals surface area contributed by atoms with Gasteiger partial charge in [0.15, 0.2) is 5.69 Å². The number of nitrogens with one attached hydrogen (secondary N) is 1. The molecule has 1 amide bonds. The molecule has 0 saturated heterocycles. The third-order valence-electron chi connectivity index (χ3n) is 3.09. The summed E-state index contributed by atoms with van der Waals surface area (Å²) in [7, 11) is 0. The fourth-order valence-corrected chi connectivity index (χ4v) is 1.97. The average Bonchev–Trinajstić information content (AvgIpc) is 3.23. The lowest BCUT2D eigenvalue weighted by Crippen LogP contribution is -2.12. The molecule has 0 unspecified atom stereocenters. The van der Waals surface area contributed by atoms with Crippen LogP contribution >= 0.6 is 0 Å². The predicted molar refractivity (Wildman–Crippen MR) is 79.8 cm³/mol. The molecule has 0 atom stereocenters. The number of nitro groups is 1. The number of H-pyrrole nitrogens is 1. The van der Waals surface area contributed by atoms with Gasteiger partial charge in [0.25, 0.3) is 5.91 Å². The number of carbonyl (C=O) groups excluding carboxylic acids is 1. The minimum absolute atomic E-state index is 0.0175. The van der Waals surface area contributed by atoms with Crippen molar-refractivity contribution in [3.8, 4) is 17.0 Å². The second-order valence-corrected chi connectivity index (χ2v) is 4.65. The second kappa shape index (κ2) is 6.16. The van der Waals surface area contributed by atoms with E-state index in [-0.39, 0.29) is 18.2 Å². The number of ether oxygens (including phenoxy) is 1. The molecular formula is C13H11N7O4. The maximum Gasteiger partial charge on any atom is 0.390 e. The maximum absolute atomic E-state index is 11.2. The molecule has 0 bridgehead atoms. The lowest BCUT2D eigenvalue weighted by molar-refractivity contribution is -0.389. The third-order valence-corrected chi connectivity index (χ3v) is 3.09. The Morgan fingerprint density at radius 3 is 2.67 bits per heavy atom. The Morgan fingerprint density at radius 2 is 2.04 bits per heavy atom. The number of aromatic amines is 1. The van der Waals surface area contributed by atoms with Gasteiger partial charge in [-0.25, -0.2) is 0 Å². The summed E-state index contributed by atoms with van der Waals surface area (Å²) in [5.74, 6) is -0.417. The van der Waals surface area contributed by atoms with Gasteiger partial charge in [-0.2, -0.15) is 15.4 Å². The third kappa shape index (κ3) is 3.04. The van der Waals surface area contributed by atoms with Crippen LogP contribution in [0.15, 0.2) is 36.5 Å². The van der Waals surface area contributed by atoms with Crippen molar-refractivity contribution < 1.29 is 14.5 Å². The molecule has 0 aliphatic carbocycles. The van der Waals surface area contributed by atoms with Crippen LogP contribution in [0.2, 0.25) is 0 Å². The van der Waals surface area contributed by atoms with Gasteiger partial charge in [0.1, 0.15) is 11.4 Å². The quantitative estimate of drug-likeness (QED) is 0.498. The van der Waals surface area contributed by atoms with Crippen molar-refractivity contribution in [3.05, 3.63) is 52.3 Å². The van der Waals surface area contributed by atoms with Gasteiger partial charge in [-0.15, -0.1) is 4.68 Å². The van der Waals surface area contributed by atoms with Gasteiger partial charge in [-0.3, -0.25) is 4.79 Å². The van der Waals surface area contributed by atoms with E-state index in [0.29, 0.717) is 17.0 Å². The topological polar surface area (TPSA) is 155 Å². The van der Waals surface area contributed by atoms with Crippen LogP contribution in [0, 0.1) is 10.1 Å². The number of carbonyl (C=O) groups is 1. The Morgan fingerprint density at radius 1 is 1.29 bits per heavy atom. The fourth-order valence-electron chi connectivity index (χ4n) is 1.97. The minimum atomic E-state index is -0.681. The Balaban J connectivity index is 1.69. The molecule has 0 radical (unpaired) electrons. The van der Waals surface area contributed by atoms with Crippen molar-refractivity contribution in [1.82, 2.24) is 25.2 Å². The summed E-state index contributed by atoms with van der Waals surface area (Å²) in [5.41, 5.74) is 6.25. The van der Waals surface area contributed by atoms with Crippen LogP contribution in [-0.2, 0) is 6.73 Å². The van der Waals surface area contributed by atoms with Gasteiger partial charge < -0.3 is 20.6 Å². The Labute approximate surface area is 134 Å². The summed E-state index contributed by atoms with van der Waals surface area (Å²) in [4.78, 5) is 21.2. The van der Waals surface area contributed by atoms with Crippen molar-refractivity contribution in [2.45, 2.75) is 6.73 Å². The first-order valence-electron chi connectivity index (χ1n) is 6.66. The number of rotatable bonds is 6. The van der Waals surface area contributed by atoms with Crippen LogP contribution in [0.25, 0.3) is 11.3 Å². The normalized spacial score (nSPS) is 10.5. The highest BCUT2D eigenvalue weighted by Crippen LogP contribution is 2.22. The zero-order valence-electron chi connectivity index (χ0n) is 12.1. The number of nitrogens with two attached hydrogens (primary N) is 1. The summed E-state index contributed by atoms with van der Waals surface area (Å²) < 4.78 is 6.78. The van der Waals surface area contributed by atoms with E-state index in [9.17, 15) is 14.9 Å². The smallest absolute Gasteiger partial charge is 0.390 e. The Hall–Kier alpha value is -3.76. The van der Waals surface area contributed by atoms with E-state index in [1.807, 2.05) is 0 Å². The van der Waals surface area contributed by atoms with Gasteiger partial charge in [-0.1, -0.05) is 0 Å². The maximum atomic E-state index is 11.2. The largest absolute Gasteiger partial charge is 0.469 e. The monoisotopic (exact) mass is 329 g/mol. The molecule has 122 valence electrons. The van der Waals surface area contributed by atoms with Gasteiger partial charge >= 0.3 is 5.82 Å². The molecule has 0 aliphatic rings. The van der Waals surface area contributed by atoms with Gasteiger partial charge in [0, 0.05) is 5.56 Å². The summed E-state index contributed by atoms with van der Waals surface area (Å²) >= 11 is 0. The van der Waals surface area contributed by atoms with Crippen LogP contribution in [0.5, 0.6) is 5.75 Å². The van der Waals surface area contributed by atoms with E-state index in [2.05, 4.69) is 20.5 Å². The first-order valence-corrected chi connectivity index (χ1v) is 6.66. The summed E-state index contributed by atoms with van der Waals surface area (Å²) in [6, 6.07) is 7.97. The molecule has 11 heteroatoms. The van der Waals surface area contributed by atoms with Crippen LogP contribution in [-0.4, -0.2) is 36.0 Å². The summed E-state index contributed by atoms with van der Waals surface area (Å²) in [6.07, 6.45) is 1.45. The van der Waals surface area contributed by atoms with Crippen LogP contribution in [0.3, 0.4) is 0 Å². The minimum Gasteiger partial charge on any atom is -0.469 e. The molecule has 3 aromatic rings. The molecule has 11 nitrogen and oxygen atoms in total. The van der Waals surface area contributed by atoms with Gasteiger partial charge in [0.05, 0.1) is 17.4 Å². The number of amides is 1. The number of nitrogens with zero attached hydrogens (tertiary/aromatic N) is 5. The van der Waals surface area contributed by atoms with E-state index >= 15 is 0 Å². The number of benzene rings is 1. The standard InChI is InChI=1S/C13H11N7O4/c14-13(21)12-11(15-18-16-12)8-1-3-9(4-2-8)24-7-19-6-5-10(17-19)20(22)23/h1-6H,7H2,(H2,14,21)(H,15,16,18). The van der Waals surface area contributed by atoms with Crippen molar-refractivity contribution in [1.29, 1.82) is 0 Å². The zero-order chi connectivity index (χ0) is 17.1. The molecular weight excluding hydrogens is 318 g/mol. The molecule has 1 aromatic carbocycles. The Bertz CT molecular complexity index is 884. The average molecular weight is 329 g/mol. The summed E-state index contributed by atoms with van der Waals surface area (Å²) in [5, 5.41) is 24.2. The number of hydrogen-bond acceptors (Lipinski definition) is 7. The highest BCUT2D eigenvalue weighted by atomic mass is 16.6. The molecule has 0 fully saturated rings. The lowest BCUT2D eigenvalue weighted by atomic mass is 10.1. The molecule has 3 rings (SSSR count). The van der Waals surface area contributed by atoms with E-state index in [4.69, 9.17) is 10.5 Å². The van der Waals surface area contributed by atoms with E-state index in [0.717, 1.165) is 0 Å². The zero-order valence-corrected chi connectivity index (χ0v) is 12.1. The van der Waals surface area contributed by atoms with Crippen LogP contribution in [0.1, 0.15) is 10.5 Å². The fraction of sp³-hybridized carbons (Fsp3) is 0.0769. The van der Waals surface area contributed by atoms with Crippen molar-refractivity contribution in [2.24, 2.45) is 5.73 Å². The first-order chi connectivity index (χ1) is 11.5. The first kappa shape index (κ1) is 15.1.